The molecule has 2 aromatic carbocycles. The monoisotopic (exact) mass is 577 g/mol. The quantitative estimate of drug-likeness (QED) is 0.222. The molecule has 0 bridgehead atoms. The molecule has 0 saturated carbocycles. The van der Waals surface area contributed by atoms with Crippen LogP contribution in [0.3, 0.4) is 0 Å². The summed E-state index contributed by atoms with van der Waals surface area (Å²) in [5, 5.41) is 11.4. The van der Waals surface area contributed by atoms with E-state index in [0.29, 0.717) is 18.9 Å². The highest BCUT2D eigenvalue weighted by Crippen LogP contribution is 2.28. The van der Waals surface area contributed by atoms with Gasteiger partial charge in [0, 0.05) is 32.4 Å². The van der Waals surface area contributed by atoms with Gasteiger partial charge in [-0.05, 0) is 56.0 Å². The second kappa shape index (κ2) is 13.2. The summed E-state index contributed by atoms with van der Waals surface area (Å²) in [6.07, 6.45) is 0.882. The minimum absolute atomic E-state index is 0. The molecular formula is C26H36IN5O2. The van der Waals surface area contributed by atoms with Gasteiger partial charge in [0.1, 0.15) is 6.61 Å². The van der Waals surface area contributed by atoms with Crippen molar-refractivity contribution < 1.29 is 9.47 Å². The lowest BCUT2D eigenvalue weighted by Crippen LogP contribution is -2.42. The number of methoxy groups -OCH3 is 1. The van der Waals surface area contributed by atoms with Crippen molar-refractivity contribution in [2.75, 3.05) is 14.2 Å². The van der Waals surface area contributed by atoms with Crippen molar-refractivity contribution in [2.24, 2.45) is 12.0 Å². The smallest absolute Gasteiger partial charge is 0.191 e. The van der Waals surface area contributed by atoms with Crippen LogP contribution in [0.2, 0.25) is 0 Å². The topological polar surface area (TPSA) is 72.7 Å². The molecule has 1 heterocycles. The van der Waals surface area contributed by atoms with Crippen LogP contribution in [-0.2, 0) is 26.6 Å². The van der Waals surface area contributed by atoms with E-state index in [1.54, 1.807) is 14.2 Å². The summed E-state index contributed by atoms with van der Waals surface area (Å²) in [6, 6.07) is 16.3. The lowest BCUT2D eigenvalue weighted by Gasteiger charge is -2.19. The number of hydrogen-bond acceptors (Lipinski definition) is 4. The van der Waals surface area contributed by atoms with Gasteiger partial charge in [0.15, 0.2) is 17.5 Å². The van der Waals surface area contributed by atoms with Crippen molar-refractivity contribution in [2.45, 2.75) is 46.4 Å². The maximum absolute atomic E-state index is 5.96. The minimum Gasteiger partial charge on any atom is -0.493 e. The maximum atomic E-state index is 5.96. The Morgan fingerprint density at radius 2 is 1.82 bits per heavy atom. The average Bonchev–Trinajstić information content (AvgIpc) is 3.07. The summed E-state index contributed by atoms with van der Waals surface area (Å²) < 4.78 is 13.4. The number of benzene rings is 2. The number of aromatic nitrogens is 2. The number of halogens is 1. The van der Waals surface area contributed by atoms with Crippen molar-refractivity contribution in [1.29, 1.82) is 0 Å². The van der Waals surface area contributed by atoms with Gasteiger partial charge in [-0.1, -0.05) is 36.4 Å². The van der Waals surface area contributed by atoms with Gasteiger partial charge < -0.3 is 20.1 Å². The maximum Gasteiger partial charge on any atom is 0.191 e. The summed E-state index contributed by atoms with van der Waals surface area (Å²) in [6.45, 7) is 7.44. The number of guanidine groups is 1. The van der Waals surface area contributed by atoms with Crippen LogP contribution >= 0.6 is 24.0 Å². The molecule has 0 aliphatic heterocycles. The molecule has 0 amide bonds. The molecule has 0 fully saturated rings. The van der Waals surface area contributed by atoms with Gasteiger partial charge in [-0.15, -0.1) is 24.0 Å². The zero-order valence-corrected chi connectivity index (χ0v) is 23.2. The lowest BCUT2D eigenvalue weighted by molar-refractivity contribution is 0.284. The van der Waals surface area contributed by atoms with Crippen LogP contribution in [0.15, 0.2) is 53.5 Å². The Balaban J connectivity index is 0.00000408. The molecule has 0 radical (unpaired) electrons. The molecule has 0 aliphatic rings. The van der Waals surface area contributed by atoms with Crippen LogP contribution < -0.4 is 20.1 Å². The number of ether oxygens (including phenoxy) is 2. The number of aryl methyl sites for hydroxylation is 2. The van der Waals surface area contributed by atoms with Gasteiger partial charge in [0.05, 0.1) is 12.8 Å². The fraction of sp³-hybridized carbons (Fsp3) is 0.385. The van der Waals surface area contributed by atoms with E-state index in [1.165, 1.54) is 11.3 Å². The zero-order chi connectivity index (χ0) is 23.8. The Labute approximate surface area is 220 Å². The average molecular weight is 578 g/mol. The molecule has 0 aliphatic carbocycles. The summed E-state index contributed by atoms with van der Waals surface area (Å²) in [4.78, 5) is 4.38. The van der Waals surface area contributed by atoms with Gasteiger partial charge in [0.2, 0.25) is 0 Å². The molecule has 0 saturated heterocycles. The Morgan fingerprint density at radius 3 is 2.44 bits per heavy atom. The fourth-order valence-corrected chi connectivity index (χ4v) is 3.76. The summed E-state index contributed by atoms with van der Waals surface area (Å²) in [7, 11) is 5.42. The standard InChI is InChI=1S/C26H35N5O2.HI/c1-18(14-23-19(2)30-31(5)20(23)3)29-26(27-4)28-16-22-12-13-24(25(15-22)32-6)33-17-21-10-8-7-9-11-21;/h7-13,15,18H,14,16-17H2,1-6H3,(H2,27,28,29);1H. The van der Waals surface area contributed by atoms with E-state index in [1.807, 2.05) is 60.3 Å². The number of nitrogens with zero attached hydrogens (tertiary/aromatic N) is 3. The van der Waals surface area contributed by atoms with Crippen LogP contribution in [0.25, 0.3) is 0 Å². The molecular weight excluding hydrogens is 541 g/mol. The van der Waals surface area contributed by atoms with Crippen molar-refractivity contribution >= 4 is 29.9 Å². The molecule has 0 spiro atoms. The molecule has 34 heavy (non-hydrogen) atoms. The largest absolute Gasteiger partial charge is 0.493 e. The Morgan fingerprint density at radius 1 is 1.09 bits per heavy atom. The van der Waals surface area contributed by atoms with Gasteiger partial charge >= 0.3 is 0 Å². The minimum atomic E-state index is 0. The van der Waals surface area contributed by atoms with Gasteiger partial charge in [0.25, 0.3) is 0 Å². The summed E-state index contributed by atoms with van der Waals surface area (Å²) in [5.41, 5.74) is 5.75. The van der Waals surface area contributed by atoms with E-state index in [0.717, 1.165) is 35.0 Å². The molecule has 184 valence electrons. The fourth-order valence-electron chi connectivity index (χ4n) is 3.76. The molecule has 1 unspecified atom stereocenters. The number of rotatable bonds is 9. The first-order chi connectivity index (χ1) is 15.9. The molecule has 3 aromatic rings. The molecule has 2 N–H and O–H groups in total. The predicted octanol–water partition coefficient (Wildman–Crippen LogP) is 4.54. The van der Waals surface area contributed by atoms with Crippen molar-refractivity contribution in [3.63, 3.8) is 0 Å². The lowest BCUT2D eigenvalue weighted by atomic mass is 10.1. The van der Waals surface area contributed by atoms with Crippen LogP contribution in [0, 0.1) is 13.8 Å². The predicted molar refractivity (Wildman–Crippen MR) is 148 cm³/mol. The van der Waals surface area contributed by atoms with E-state index in [9.17, 15) is 0 Å². The third-order valence-electron chi connectivity index (χ3n) is 5.70. The van der Waals surface area contributed by atoms with Crippen LogP contribution in [0.5, 0.6) is 11.5 Å². The number of nitrogens with one attached hydrogen (secondary N) is 2. The SMILES string of the molecule is CN=C(NCc1ccc(OCc2ccccc2)c(OC)c1)NC(C)Cc1c(C)nn(C)c1C.I. The van der Waals surface area contributed by atoms with E-state index in [4.69, 9.17) is 9.47 Å². The van der Waals surface area contributed by atoms with Crippen LogP contribution in [-0.4, -0.2) is 35.9 Å². The second-order valence-electron chi connectivity index (χ2n) is 8.21. The first-order valence-electron chi connectivity index (χ1n) is 11.2. The van der Waals surface area contributed by atoms with E-state index >= 15 is 0 Å². The van der Waals surface area contributed by atoms with Crippen molar-refractivity contribution in [3.05, 3.63) is 76.6 Å². The second-order valence-corrected chi connectivity index (χ2v) is 8.21. The first kappa shape index (κ1) is 27.5. The molecule has 8 heteroatoms. The van der Waals surface area contributed by atoms with E-state index in [2.05, 4.69) is 41.5 Å². The molecule has 1 aromatic heterocycles. The Hall–Kier alpha value is -2.75. The first-order valence-corrected chi connectivity index (χ1v) is 11.2. The van der Waals surface area contributed by atoms with Gasteiger partial charge in [-0.2, -0.15) is 5.10 Å². The van der Waals surface area contributed by atoms with E-state index in [-0.39, 0.29) is 30.0 Å². The van der Waals surface area contributed by atoms with Crippen LogP contribution in [0.1, 0.15) is 35.0 Å². The van der Waals surface area contributed by atoms with Crippen molar-refractivity contribution in [3.8, 4) is 11.5 Å². The molecule has 1 atom stereocenters. The van der Waals surface area contributed by atoms with Gasteiger partial charge in [-0.3, -0.25) is 9.67 Å². The third-order valence-corrected chi connectivity index (χ3v) is 5.70. The van der Waals surface area contributed by atoms with E-state index < -0.39 is 0 Å². The number of hydrogen-bond donors (Lipinski definition) is 2. The summed E-state index contributed by atoms with van der Waals surface area (Å²) in [5.74, 6) is 2.19. The Kier molecular flexibility index (Phi) is 10.7. The highest BCUT2D eigenvalue weighted by molar-refractivity contribution is 14.0. The Bertz CT molecular complexity index is 1080. The van der Waals surface area contributed by atoms with Gasteiger partial charge in [-0.25, -0.2) is 0 Å². The third kappa shape index (κ3) is 7.38. The highest BCUT2D eigenvalue weighted by atomic mass is 127. The molecule has 7 nitrogen and oxygen atoms in total. The van der Waals surface area contributed by atoms with Crippen molar-refractivity contribution in [1.82, 2.24) is 20.4 Å². The number of aliphatic imine (C=N–C) groups is 1. The highest BCUT2D eigenvalue weighted by Gasteiger charge is 2.14. The summed E-state index contributed by atoms with van der Waals surface area (Å²) >= 11 is 0. The normalized spacial score (nSPS) is 12.0. The molecule has 3 rings (SSSR count). The van der Waals surface area contributed by atoms with Crippen LogP contribution in [0.4, 0.5) is 0 Å². The zero-order valence-electron chi connectivity index (χ0n) is 20.9.